The van der Waals surface area contributed by atoms with Crippen LogP contribution in [0.25, 0.3) is 0 Å². The molecule has 0 radical (unpaired) electrons. The summed E-state index contributed by atoms with van der Waals surface area (Å²) in [6, 6.07) is 8.69. The van der Waals surface area contributed by atoms with E-state index in [9.17, 15) is 4.79 Å². The van der Waals surface area contributed by atoms with Gasteiger partial charge in [0.15, 0.2) is 0 Å². The fourth-order valence-electron chi connectivity index (χ4n) is 3.91. The molecular formula is C23H34ClN5O. The molecule has 0 unspecified atom stereocenters. The minimum absolute atomic E-state index is 0. The summed E-state index contributed by atoms with van der Waals surface area (Å²) in [7, 11) is 3.97. The summed E-state index contributed by atoms with van der Waals surface area (Å²) >= 11 is 0. The number of hydrogen-bond acceptors (Lipinski definition) is 5. The molecule has 164 valence electrons. The molecule has 0 aliphatic heterocycles. The standard InChI is InChI=1S/C23H33N5O.ClH/c1-15-6-8-18(9-7-15)17(3)25-22(29)19-10-12-20(13-11-19)26-23-24-14-16(2)21(27-23)28(4)5;/h6-9,14,17,19-20H,10-13H2,1-5H3,(H,25,29)(H,24,26,27);1H/t17-,19?,20?;/m0./s1. The molecule has 1 saturated carbocycles. The number of aromatic nitrogens is 2. The monoisotopic (exact) mass is 431 g/mol. The minimum atomic E-state index is 0. The maximum Gasteiger partial charge on any atom is 0.224 e. The first-order chi connectivity index (χ1) is 13.8. The number of carbonyl (C=O) groups excluding carboxylic acids is 1. The molecule has 2 N–H and O–H groups in total. The van der Waals surface area contributed by atoms with E-state index in [0.29, 0.717) is 12.0 Å². The van der Waals surface area contributed by atoms with Crippen LogP contribution in [0.4, 0.5) is 11.8 Å². The van der Waals surface area contributed by atoms with E-state index in [-0.39, 0.29) is 30.3 Å². The summed E-state index contributed by atoms with van der Waals surface area (Å²) in [4.78, 5) is 23.8. The van der Waals surface area contributed by atoms with E-state index in [0.717, 1.165) is 42.6 Å². The van der Waals surface area contributed by atoms with Gasteiger partial charge in [-0.15, -0.1) is 12.4 Å². The predicted molar refractivity (Wildman–Crippen MR) is 125 cm³/mol. The van der Waals surface area contributed by atoms with Gasteiger partial charge >= 0.3 is 0 Å². The molecule has 1 heterocycles. The zero-order chi connectivity index (χ0) is 21.0. The van der Waals surface area contributed by atoms with Gasteiger partial charge in [0.05, 0.1) is 6.04 Å². The highest BCUT2D eigenvalue weighted by Crippen LogP contribution is 2.27. The second kappa shape index (κ2) is 10.6. The zero-order valence-corrected chi connectivity index (χ0v) is 19.4. The van der Waals surface area contributed by atoms with Crippen molar-refractivity contribution in [3.8, 4) is 0 Å². The van der Waals surface area contributed by atoms with Gasteiger partial charge in [-0.05, 0) is 52.0 Å². The van der Waals surface area contributed by atoms with Crippen LogP contribution in [0.1, 0.15) is 55.3 Å². The number of amides is 1. The Balaban J connectivity index is 0.00000320. The quantitative estimate of drug-likeness (QED) is 0.708. The Morgan fingerprint density at radius 1 is 1.10 bits per heavy atom. The molecule has 6 nitrogen and oxygen atoms in total. The van der Waals surface area contributed by atoms with Crippen molar-refractivity contribution in [2.24, 2.45) is 5.92 Å². The molecule has 1 atom stereocenters. The van der Waals surface area contributed by atoms with E-state index in [1.165, 1.54) is 5.56 Å². The van der Waals surface area contributed by atoms with Gasteiger partial charge in [-0.25, -0.2) is 4.98 Å². The molecule has 1 amide bonds. The van der Waals surface area contributed by atoms with Crippen LogP contribution >= 0.6 is 12.4 Å². The number of carbonyl (C=O) groups is 1. The van der Waals surface area contributed by atoms with E-state index in [1.807, 2.05) is 39.0 Å². The molecule has 1 fully saturated rings. The summed E-state index contributed by atoms with van der Waals surface area (Å²) in [5.41, 5.74) is 3.43. The lowest BCUT2D eigenvalue weighted by atomic mass is 9.85. The summed E-state index contributed by atoms with van der Waals surface area (Å²) in [6.07, 6.45) is 5.53. The lowest BCUT2D eigenvalue weighted by Gasteiger charge is -2.29. The Labute approximate surface area is 186 Å². The third-order valence-corrected chi connectivity index (χ3v) is 5.74. The van der Waals surface area contributed by atoms with Crippen LogP contribution in [-0.2, 0) is 4.79 Å². The molecule has 1 aromatic carbocycles. The number of anilines is 2. The maximum atomic E-state index is 12.7. The largest absolute Gasteiger partial charge is 0.362 e. The first-order valence-corrected chi connectivity index (χ1v) is 10.5. The van der Waals surface area contributed by atoms with E-state index in [2.05, 4.69) is 51.8 Å². The molecule has 2 aromatic rings. The van der Waals surface area contributed by atoms with Gasteiger partial charge in [-0.3, -0.25) is 4.79 Å². The van der Waals surface area contributed by atoms with Gasteiger partial charge in [0.25, 0.3) is 0 Å². The van der Waals surface area contributed by atoms with E-state index >= 15 is 0 Å². The molecule has 1 aromatic heterocycles. The molecule has 3 rings (SSSR count). The van der Waals surface area contributed by atoms with Crippen molar-refractivity contribution >= 4 is 30.1 Å². The molecule has 0 bridgehead atoms. The van der Waals surface area contributed by atoms with Gasteiger partial charge in [0.2, 0.25) is 11.9 Å². The highest BCUT2D eigenvalue weighted by Gasteiger charge is 2.27. The van der Waals surface area contributed by atoms with Crippen molar-refractivity contribution in [1.82, 2.24) is 15.3 Å². The second-order valence-corrected chi connectivity index (χ2v) is 8.43. The Hall–Kier alpha value is -2.34. The van der Waals surface area contributed by atoms with Crippen LogP contribution in [0.15, 0.2) is 30.5 Å². The zero-order valence-electron chi connectivity index (χ0n) is 18.6. The van der Waals surface area contributed by atoms with Gasteiger partial charge in [0.1, 0.15) is 5.82 Å². The number of nitrogens with zero attached hydrogens (tertiary/aromatic N) is 3. The molecule has 1 aliphatic rings. The Kier molecular flexibility index (Phi) is 8.47. The number of hydrogen-bond donors (Lipinski definition) is 2. The van der Waals surface area contributed by atoms with Crippen molar-refractivity contribution in [2.45, 2.75) is 58.5 Å². The van der Waals surface area contributed by atoms with Crippen LogP contribution in [-0.4, -0.2) is 36.0 Å². The average molecular weight is 432 g/mol. The average Bonchev–Trinajstić information content (AvgIpc) is 2.70. The van der Waals surface area contributed by atoms with Gasteiger partial charge in [-0.1, -0.05) is 29.8 Å². The van der Waals surface area contributed by atoms with Crippen LogP contribution in [0.3, 0.4) is 0 Å². The van der Waals surface area contributed by atoms with Crippen molar-refractivity contribution in [3.05, 3.63) is 47.2 Å². The highest BCUT2D eigenvalue weighted by atomic mass is 35.5. The van der Waals surface area contributed by atoms with Gasteiger partial charge in [0, 0.05) is 37.8 Å². The normalized spacial score (nSPS) is 19.4. The predicted octanol–water partition coefficient (Wildman–Crippen LogP) is 4.43. The molecule has 1 aliphatic carbocycles. The Morgan fingerprint density at radius 3 is 2.33 bits per heavy atom. The van der Waals surface area contributed by atoms with Crippen LogP contribution in [0.2, 0.25) is 0 Å². The van der Waals surface area contributed by atoms with Crippen LogP contribution in [0, 0.1) is 19.8 Å². The number of rotatable bonds is 6. The van der Waals surface area contributed by atoms with Gasteiger partial charge < -0.3 is 15.5 Å². The SMILES string of the molecule is Cc1ccc([C@H](C)NC(=O)C2CCC(Nc3ncc(C)c(N(C)C)n3)CC2)cc1.Cl. The molecule has 0 saturated heterocycles. The summed E-state index contributed by atoms with van der Waals surface area (Å²) in [5.74, 6) is 1.84. The molecular weight excluding hydrogens is 398 g/mol. The van der Waals surface area contributed by atoms with E-state index in [1.54, 1.807) is 0 Å². The Bertz CT molecular complexity index is 832. The van der Waals surface area contributed by atoms with Crippen molar-refractivity contribution in [3.63, 3.8) is 0 Å². The fourth-order valence-corrected chi connectivity index (χ4v) is 3.91. The summed E-state index contributed by atoms with van der Waals surface area (Å²) < 4.78 is 0. The third kappa shape index (κ3) is 6.08. The smallest absolute Gasteiger partial charge is 0.224 e. The lowest BCUT2D eigenvalue weighted by molar-refractivity contribution is -0.126. The summed E-state index contributed by atoms with van der Waals surface area (Å²) in [6.45, 7) is 6.13. The molecule has 7 heteroatoms. The maximum absolute atomic E-state index is 12.7. The summed E-state index contributed by atoms with van der Waals surface area (Å²) in [5, 5.41) is 6.64. The minimum Gasteiger partial charge on any atom is -0.362 e. The lowest BCUT2D eigenvalue weighted by Crippen LogP contribution is -2.37. The Morgan fingerprint density at radius 2 is 1.73 bits per heavy atom. The van der Waals surface area contributed by atoms with Crippen molar-refractivity contribution in [2.75, 3.05) is 24.3 Å². The number of halogens is 1. The van der Waals surface area contributed by atoms with E-state index < -0.39 is 0 Å². The number of nitrogens with one attached hydrogen (secondary N) is 2. The van der Waals surface area contributed by atoms with E-state index in [4.69, 9.17) is 0 Å². The highest BCUT2D eigenvalue weighted by molar-refractivity contribution is 5.85. The third-order valence-electron chi connectivity index (χ3n) is 5.74. The van der Waals surface area contributed by atoms with Crippen molar-refractivity contribution in [1.29, 1.82) is 0 Å². The van der Waals surface area contributed by atoms with Gasteiger partial charge in [-0.2, -0.15) is 4.98 Å². The second-order valence-electron chi connectivity index (χ2n) is 8.43. The first-order valence-electron chi connectivity index (χ1n) is 10.5. The molecule has 30 heavy (non-hydrogen) atoms. The van der Waals surface area contributed by atoms with Crippen molar-refractivity contribution < 1.29 is 4.79 Å². The fraction of sp³-hybridized carbons (Fsp3) is 0.522. The number of aryl methyl sites for hydroxylation is 2. The van der Waals surface area contributed by atoms with Crippen LogP contribution < -0.4 is 15.5 Å². The van der Waals surface area contributed by atoms with Crippen LogP contribution in [0.5, 0.6) is 0 Å². The topological polar surface area (TPSA) is 70.2 Å². The first kappa shape index (κ1) is 23.9. The number of benzene rings is 1. The molecule has 0 spiro atoms.